The molecule has 0 heterocycles. The van der Waals surface area contributed by atoms with Crippen LogP contribution in [-0.2, 0) is 0 Å². The van der Waals surface area contributed by atoms with Gasteiger partial charge >= 0.3 is 0 Å². The standard InChI is InChI=1S/C30H50O/c1-19(2)20-9-12-24-28(20,6)17-18-29(7)22-10-11-23-26(3,4)25(31)14-15-27(23,5)21(22)13-16-30(24,29)8/h13,19-20,22-25,31H,9-12,14-18H2,1-8H3/t20-,22+,23+,24+,25+,27-,28-,29-,30+/m1/s1. The van der Waals surface area contributed by atoms with Crippen LogP contribution in [0.3, 0.4) is 0 Å². The molecule has 0 aliphatic heterocycles. The van der Waals surface area contributed by atoms with Crippen molar-refractivity contribution in [3.63, 3.8) is 0 Å². The largest absolute Gasteiger partial charge is 0.393 e. The number of allylic oxidation sites excluding steroid dienone is 2. The lowest BCUT2D eigenvalue weighted by Gasteiger charge is -2.69. The van der Waals surface area contributed by atoms with Crippen molar-refractivity contribution >= 4 is 0 Å². The maximum atomic E-state index is 10.8. The highest BCUT2D eigenvalue weighted by Gasteiger charge is 2.68. The average Bonchev–Trinajstić information content (AvgIpc) is 3.05. The van der Waals surface area contributed by atoms with E-state index in [2.05, 4.69) is 61.5 Å². The second-order valence-electron chi connectivity index (χ2n) is 14.7. The molecule has 0 unspecified atom stereocenters. The first-order chi connectivity index (χ1) is 14.3. The molecule has 1 heteroatoms. The predicted molar refractivity (Wildman–Crippen MR) is 131 cm³/mol. The Labute approximate surface area is 192 Å². The lowest BCUT2D eigenvalue weighted by Crippen LogP contribution is -2.62. The highest BCUT2D eigenvalue weighted by molar-refractivity contribution is 5.33. The molecule has 0 aromatic heterocycles. The summed E-state index contributed by atoms with van der Waals surface area (Å²) < 4.78 is 0. The van der Waals surface area contributed by atoms with E-state index in [0.29, 0.717) is 27.6 Å². The summed E-state index contributed by atoms with van der Waals surface area (Å²) in [4.78, 5) is 0. The number of hydrogen-bond acceptors (Lipinski definition) is 1. The minimum Gasteiger partial charge on any atom is -0.393 e. The lowest BCUT2D eigenvalue weighted by atomic mass is 9.35. The van der Waals surface area contributed by atoms with Gasteiger partial charge in [-0.25, -0.2) is 0 Å². The topological polar surface area (TPSA) is 20.2 Å². The zero-order chi connectivity index (χ0) is 22.6. The molecule has 5 rings (SSSR count). The maximum absolute atomic E-state index is 10.8. The van der Waals surface area contributed by atoms with E-state index in [9.17, 15) is 5.11 Å². The molecule has 4 saturated carbocycles. The van der Waals surface area contributed by atoms with Crippen LogP contribution in [0.1, 0.15) is 113 Å². The van der Waals surface area contributed by atoms with Crippen LogP contribution in [-0.4, -0.2) is 11.2 Å². The summed E-state index contributed by atoms with van der Waals surface area (Å²) in [5.74, 6) is 4.02. The number of aliphatic hydroxyl groups is 1. The van der Waals surface area contributed by atoms with Gasteiger partial charge < -0.3 is 5.11 Å². The molecule has 1 nitrogen and oxygen atoms in total. The van der Waals surface area contributed by atoms with Gasteiger partial charge in [0.1, 0.15) is 0 Å². The van der Waals surface area contributed by atoms with Crippen molar-refractivity contribution in [2.24, 2.45) is 56.7 Å². The number of rotatable bonds is 1. The smallest absolute Gasteiger partial charge is 0.0594 e. The monoisotopic (exact) mass is 426 g/mol. The number of hydrogen-bond donors (Lipinski definition) is 1. The van der Waals surface area contributed by atoms with Crippen LogP contribution >= 0.6 is 0 Å². The molecule has 1 N–H and O–H groups in total. The van der Waals surface area contributed by atoms with Gasteiger partial charge in [-0.2, -0.15) is 0 Å². The molecule has 0 amide bonds. The zero-order valence-corrected chi connectivity index (χ0v) is 21.9. The van der Waals surface area contributed by atoms with Gasteiger partial charge in [-0.15, -0.1) is 0 Å². The third kappa shape index (κ3) is 2.60. The van der Waals surface area contributed by atoms with E-state index in [1.165, 1.54) is 51.4 Å². The van der Waals surface area contributed by atoms with Crippen molar-refractivity contribution in [1.29, 1.82) is 0 Å². The Kier molecular flexibility index (Phi) is 4.82. The molecule has 0 bridgehead atoms. The van der Waals surface area contributed by atoms with Gasteiger partial charge in [0.2, 0.25) is 0 Å². The summed E-state index contributed by atoms with van der Waals surface area (Å²) in [5, 5.41) is 10.8. The molecule has 5 aliphatic carbocycles. The molecule has 0 spiro atoms. The van der Waals surface area contributed by atoms with Crippen molar-refractivity contribution in [2.75, 3.05) is 0 Å². The predicted octanol–water partition coefficient (Wildman–Crippen LogP) is 8.02. The summed E-state index contributed by atoms with van der Waals surface area (Å²) in [7, 11) is 0. The first-order valence-electron chi connectivity index (χ1n) is 13.7. The Morgan fingerprint density at radius 2 is 1.48 bits per heavy atom. The summed E-state index contributed by atoms with van der Waals surface area (Å²) >= 11 is 0. The molecule has 176 valence electrons. The van der Waals surface area contributed by atoms with Gasteiger partial charge in [0, 0.05) is 0 Å². The highest BCUT2D eigenvalue weighted by atomic mass is 16.3. The van der Waals surface area contributed by atoms with Crippen LogP contribution in [0, 0.1) is 56.7 Å². The fourth-order valence-electron chi connectivity index (χ4n) is 11.2. The summed E-state index contributed by atoms with van der Waals surface area (Å²) in [6, 6.07) is 0. The average molecular weight is 427 g/mol. The molecule has 31 heavy (non-hydrogen) atoms. The van der Waals surface area contributed by atoms with Crippen LogP contribution in [0.15, 0.2) is 11.6 Å². The fourth-order valence-corrected chi connectivity index (χ4v) is 11.2. The van der Waals surface area contributed by atoms with Crippen LogP contribution in [0.25, 0.3) is 0 Å². The van der Waals surface area contributed by atoms with Crippen LogP contribution in [0.4, 0.5) is 0 Å². The van der Waals surface area contributed by atoms with Gasteiger partial charge in [-0.05, 0) is 114 Å². The van der Waals surface area contributed by atoms with E-state index in [4.69, 9.17) is 0 Å². The maximum Gasteiger partial charge on any atom is 0.0594 e. The fraction of sp³-hybridized carbons (Fsp3) is 0.933. The molecule has 0 aromatic carbocycles. The number of fused-ring (bicyclic) bond motifs is 7. The van der Waals surface area contributed by atoms with Gasteiger partial charge in [0.15, 0.2) is 0 Å². The Morgan fingerprint density at radius 3 is 2.16 bits per heavy atom. The van der Waals surface area contributed by atoms with Crippen molar-refractivity contribution in [3.8, 4) is 0 Å². The third-order valence-electron chi connectivity index (χ3n) is 13.2. The normalized spacial score (nSPS) is 55.7. The SMILES string of the molecule is CC(C)[C@H]1CC[C@H]2[C@]1(C)CC[C@]1(C)[C@H]3CC[C@H]4C(C)(C)[C@@H](O)CC[C@]4(C)C3=CC[C@@]21C. The quantitative estimate of drug-likeness (QED) is 0.421. The molecule has 0 saturated heterocycles. The van der Waals surface area contributed by atoms with Crippen LogP contribution in [0.5, 0.6) is 0 Å². The van der Waals surface area contributed by atoms with E-state index in [0.717, 1.165) is 30.1 Å². The number of aliphatic hydroxyl groups excluding tert-OH is 1. The van der Waals surface area contributed by atoms with E-state index in [1.54, 1.807) is 0 Å². The van der Waals surface area contributed by atoms with Gasteiger partial charge in [0.25, 0.3) is 0 Å². The van der Waals surface area contributed by atoms with Gasteiger partial charge in [-0.3, -0.25) is 0 Å². The first-order valence-corrected chi connectivity index (χ1v) is 13.7. The minimum absolute atomic E-state index is 0.0432. The van der Waals surface area contributed by atoms with Crippen molar-refractivity contribution in [3.05, 3.63) is 11.6 Å². The summed E-state index contributed by atoms with van der Waals surface area (Å²) in [5.41, 5.74) is 3.61. The molecular formula is C30H50O. The Morgan fingerprint density at radius 1 is 0.806 bits per heavy atom. The van der Waals surface area contributed by atoms with Crippen LogP contribution < -0.4 is 0 Å². The minimum atomic E-state index is -0.131. The van der Waals surface area contributed by atoms with E-state index >= 15 is 0 Å². The molecule has 0 aromatic rings. The summed E-state index contributed by atoms with van der Waals surface area (Å²) in [6.45, 7) is 20.4. The van der Waals surface area contributed by atoms with Crippen molar-refractivity contribution in [1.82, 2.24) is 0 Å². The Hall–Kier alpha value is -0.300. The van der Waals surface area contributed by atoms with Gasteiger partial charge in [-0.1, -0.05) is 67.0 Å². The Bertz CT molecular complexity index is 777. The van der Waals surface area contributed by atoms with Crippen molar-refractivity contribution in [2.45, 2.75) is 119 Å². The first kappa shape index (κ1) is 22.5. The van der Waals surface area contributed by atoms with E-state index < -0.39 is 0 Å². The summed E-state index contributed by atoms with van der Waals surface area (Å²) in [6.07, 6.45) is 14.6. The van der Waals surface area contributed by atoms with E-state index in [1.807, 2.05) is 5.57 Å². The third-order valence-corrected chi connectivity index (χ3v) is 13.2. The molecule has 9 atom stereocenters. The molecule has 4 fully saturated rings. The Balaban J connectivity index is 1.55. The van der Waals surface area contributed by atoms with E-state index in [-0.39, 0.29) is 11.5 Å². The highest BCUT2D eigenvalue weighted by Crippen LogP contribution is 2.76. The second kappa shape index (κ2) is 6.64. The van der Waals surface area contributed by atoms with Gasteiger partial charge in [0.05, 0.1) is 6.10 Å². The molecule has 5 aliphatic rings. The van der Waals surface area contributed by atoms with Crippen LogP contribution in [0.2, 0.25) is 0 Å². The molecule has 0 radical (unpaired) electrons. The molecular weight excluding hydrogens is 376 g/mol. The van der Waals surface area contributed by atoms with Crippen molar-refractivity contribution < 1.29 is 5.11 Å². The zero-order valence-electron chi connectivity index (χ0n) is 21.9. The lowest BCUT2D eigenvalue weighted by molar-refractivity contribution is -0.165. The second-order valence-corrected chi connectivity index (χ2v) is 14.7.